The molecule has 2 heteroatoms. The first-order valence-corrected chi connectivity index (χ1v) is 9.30. The van der Waals surface area contributed by atoms with E-state index in [2.05, 4.69) is 0 Å². The maximum absolute atomic E-state index is 15.8. The second-order valence-electron chi connectivity index (χ2n) is 8.76. The molecule has 4 aliphatic carbocycles. The Kier molecular flexibility index (Phi) is 3.06. The van der Waals surface area contributed by atoms with Crippen LogP contribution in [0, 0.1) is 41.4 Å². The maximum atomic E-state index is 15.8. The van der Waals surface area contributed by atoms with E-state index >= 15 is 8.78 Å². The van der Waals surface area contributed by atoms with Gasteiger partial charge in [-0.3, -0.25) is 0 Å². The maximum Gasteiger partial charge on any atom is 0.147 e. The van der Waals surface area contributed by atoms with E-state index in [9.17, 15) is 0 Å². The first kappa shape index (κ1) is 14.5. The fourth-order valence-electron chi connectivity index (χ4n) is 7.40. The van der Waals surface area contributed by atoms with Crippen molar-refractivity contribution in [2.75, 3.05) is 0 Å². The van der Waals surface area contributed by atoms with Crippen LogP contribution in [-0.4, -0.2) is 11.3 Å². The molecule has 0 saturated heterocycles. The standard InChI is InChI=1S/C19H30F2/c1-4-18(3,20)19(21,5-2)15-10-13-9-14(15)17-12-7-6-11(8-12)16(13)17/h11-17H,4-10H2,1-3H3. The molecule has 0 aromatic carbocycles. The summed E-state index contributed by atoms with van der Waals surface area (Å²) in [5.41, 5.74) is -3.27. The Morgan fingerprint density at radius 2 is 1.52 bits per heavy atom. The Balaban J connectivity index is 1.64. The first-order chi connectivity index (χ1) is 9.93. The van der Waals surface area contributed by atoms with Gasteiger partial charge in [0.25, 0.3) is 0 Å². The highest BCUT2D eigenvalue weighted by molar-refractivity contribution is 5.16. The lowest BCUT2D eigenvalue weighted by molar-refractivity contribution is -0.106. The van der Waals surface area contributed by atoms with Crippen LogP contribution in [0.5, 0.6) is 0 Å². The minimum Gasteiger partial charge on any atom is -0.241 e. The van der Waals surface area contributed by atoms with Gasteiger partial charge in [0.05, 0.1) is 0 Å². The molecule has 0 heterocycles. The van der Waals surface area contributed by atoms with Crippen LogP contribution >= 0.6 is 0 Å². The van der Waals surface area contributed by atoms with Gasteiger partial charge in [-0.1, -0.05) is 13.8 Å². The smallest absolute Gasteiger partial charge is 0.147 e. The number of alkyl halides is 2. The van der Waals surface area contributed by atoms with E-state index in [0.29, 0.717) is 18.8 Å². The number of hydrogen-bond acceptors (Lipinski definition) is 0. The van der Waals surface area contributed by atoms with Crippen molar-refractivity contribution in [2.24, 2.45) is 41.4 Å². The van der Waals surface area contributed by atoms with E-state index in [1.165, 1.54) is 32.6 Å². The Morgan fingerprint density at radius 3 is 2.14 bits per heavy atom. The van der Waals surface area contributed by atoms with Crippen LogP contribution in [0.2, 0.25) is 0 Å². The largest absolute Gasteiger partial charge is 0.241 e. The fourth-order valence-corrected chi connectivity index (χ4v) is 7.40. The van der Waals surface area contributed by atoms with Crippen LogP contribution in [0.15, 0.2) is 0 Å². The molecule has 0 aliphatic heterocycles. The predicted molar refractivity (Wildman–Crippen MR) is 81.4 cm³/mol. The fraction of sp³-hybridized carbons (Fsp3) is 1.00. The quantitative estimate of drug-likeness (QED) is 0.596. The van der Waals surface area contributed by atoms with Crippen molar-refractivity contribution in [3.8, 4) is 0 Å². The molecule has 0 N–H and O–H groups in total. The van der Waals surface area contributed by atoms with Crippen molar-refractivity contribution in [1.82, 2.24) is 0 Å². The minimum absolute atomic E-state index is 0.0111. The second kappa shape index (κ2) is 4.45. The molecular formula is C19H30F2. The molecule has 0 aromatic heterocycles. The van der Waals surface area contributed by atoms with Crippen molar-refractivity contribution in [3.63, 3.8) is 0 Å². The molecule has 120 valence electrons. The molecule has 4 saturated carbocycles. The van der Waals surface area contributed by atoms with Gasteiger partial charge in [0.2, 0.25) is 0 Å². The van der Waals surface area contributed by atoms with Gasteiger partial charge in [0, 0.05) is 0 Å². The van der Waals surface area contributed by atoms with E-state index in [0.717, 1.165) is 36.0 Å². The summed E-state index contributed by atoms with van der Waals surface area (Å²) >= 11 is 0. The third-order valence-electron chi connectivity index (χ3n) is 8.37. The molecule has 4 rings (SSSR count). The van der Waals surface area contributed by atoms with Gasteiger partial charge in [-0.2, -0.15) is 0 Å². The van der Waals surface area contributed by atoms with Crippen LogP contribution in [0.25, 0.3) is 0 Å². The monoisotopic (exact) mass is 296 g/mol. The number of halogens is 2. The lowest BCUT2D eigenvalue weighted by atomic mass is 9.60. The number of rotatable bonds is 4. The van der Waals surface area contributed by atoms with Crippen molar-refractivity contribution in [3.05, 3.63) is 0 Å². The van der Waals surface area contributed by atoms with Gasteiger partial charge in [0.1, 0.15) is 11.3 Å². The van der Waals surface area contributed by atoms with E-state index in [-0.39, 0.29) is 5.92 Å². The van der Waals surface area contributed by atoms with Gasteiger partial charge < -0.3 is 0 Å². The van der Waals surface area contributed by atoms with Crippen molar-refractivity contribution < 1.29 is 8.78 Å². The van der Waals surface area contributed by atoms with Crippen molar-refractivity contribution in [1.29, 1.82) is 0 Å². The van der Waals surface area contributed by atoms with Crippen LogP contribution < -0.4 is 0 Å². The van der Waals surface area contributed by atoms with E-state index < -0.39 is 11.3 Å². The average Bonchev–Trinajstić information content (AvgIpc) is 3.22. The molecule has 4 bridgehead atoms. The summed E-state index contributed by atoms with van der Waals surface area (Å²) in [5.74, 6) is 4.63. The van der Waals surface area contributed by atoms with Gasteiger partial charge in [-0.05, 0) is 93.3 Å². The Hall–Kier alpha value is -0.140. The molecule has 9 atom stereocenters. The highest BCUT2D eigenvalue weighted by Crippen LogP contribution is 2.71. The summed E-state index contributed by atoms with van der Waals surface area (Å²) in [5, 5.41) is 0. The van der Waals surface area contributed by atoms with Crippen LogP contribution in [0.4, 0.5) is 8.78 Å². The van der Waals surface area contributed by atoms with Crippen LogP contribution in [0.1, 0.15) is 65.7 Å². The highest BCUT2D eigenvalue weighted by atomic mass is 19.2. The second-order valence-corrected chi connectivity index (χ2v) is 8.76. The molecule has 4 aliphatic rings. The summed E-state index contributed by atoms with van der Waals surface area (Å²) in [6, 6.07) is 0. The van der Waals surface area contributed by atoms with Crippen molar-refractivity contribution in [2.45, 2.75) is 77.1 Å². The third-order valence-corrected chi connectivity index (χ3v) is 8.37. The zero-order chi connectivity index (χ0) is 15.0. The molecule has 0 aromatic rings. The summed E-state index contributed by atoms with van der Waals surface area (Å²) in [6.07, 6.45) is 7.01. The van der Waals surface area contributed by atoms with E-state index in [1.54, 1.807) is 6.92 Å². The normalized spacial score (nSPS) is 52.7. The molecule has 9 unspecified atom stereocenters. The summed E-state index contributed by atoms with van der Waals surface area (Å²) in [6.45, 7) is 5.18. The zero-order valence-electron chi connectivity index (χ0n) is 13.7. The zero-order valence-corrected chi connectivity index (χ0v) is 13.7. The number of fused-ring (bicyclic) bond motifs is 9. The molecule has 0 nitrogen and oxygen atoms in total. The number of hydrogen-bond donors (Lipinski definition) is 0. The molecule has 0 amide bonds. The van der Waals surface area contributed by atoms with Gasteiger partial charge in [-0.15, -0.1) is 0 Å². The lowest BCUT2D eigenvalue weighted by Crippen LogP contribution is -2.53. The minimum atomic E-state index is -1.66. The highest BCUT2D eigenvalue weighted by Gasteiger charge is 2.67. The average molecular weight is 296 g/mol. The molecule has 0 spiro atoms. The summed E-state index contributed by atoms with van der Waals surface area (Å²) in [7, 11) is 0. The lowest BCUT2D eigenvalue weighted by Gasteiger charge is -2.48. The molecule has 4 fully saturated rings. The topological polar surface area (TPSA) is 0 Å². The summed E-state index contributed by atoms with van der Waals surface area (Å²) in [4.78, 5) is 0. The first-order valence-electron chi connectivity index (χ1n) is 9.30. The Morgan fingerprint density at radius 1 is 0.857 bits per heavy atom. The molecular weight excluding hydrogens is 266 g/mol. The van der Waals surface area contributed by atoms with E-state index in [1.807, 2.05) is 6.92 Å². The van der Waals surface area contributed by atoms with Gasteiger partial charge in [-0.25, -0.2) is 8.78 Å². The van der Waals surface area contributed by atoms with Gasteiger partial charge >= 0.3 is 0 Å². The van der Waals surface area contributed by atoms with E-state index in [4.69, 9.17) is 0 Å². The van der Waals surface area contributed by atoms with Crippen molar-refractivity contribution >= 4 is 0 Å². The molecule has 21 heavy (non-hydrogen) atoms. The van der Waals surface area contributed by atoms with Gasteiger partial charge in [0.15, 0.2) is 0 Å². The predicted octanol–water partition coefficient (Wildman–Crippen LogP) is 5.56. The Bertz CT molecular complexity index is 431. The molecule has 0 radical (unpaired) electrons. The Labute approximate surface area is 128 Å². The third kappa shape index (κ3) is 1.66. The van der Waals surface area contributed by atoms with Crippen LogP contribution in [-0.2, 0) is 0 Å². The summed E-state index contributed by atoms with van der Waals surface area (Å²) < 4.78 is 30.8. The SMILES string of the molecule is CCC(C)(F)C(F)(CC)C1CC2CC1C1C3CCC(C3)C21. The van der Waals surface area contributed by atoms with Crippen LogP contribution in [0.3, 0.4) is 0 Å².